The van der Waals surface area contributed by atoms with Crippen molar-refractivity contribution in [2.45, 2.75) is 18.8 Å². The highest BCUT2D eigenvalue weighted by Crippen LogP contribution is 2.33. The van der Waals surface area contributed by atoms with Crippen LogP contribution < -0.4 is 0 Å². The van der Waals surface area contributed by atoms with Crippen LogP contribution in [0, 0.1) is 0 Å². The van der Waals surface area contributed by atoms with Gasteiger partial charge in [0.25, 0.3) is 0 Å². The van der Waals surface area contributed by atoms with E-state index in [0.29, 0.717) is 5.65 Å². The fourth-order valence-electron chi connectivity index (χ4n) is 1.91. The van der Waals surface area contributed by atoms with Crippen molar-refractivity contribution in [3.8, 4) is 5.88 Å². The molecule has 1 unspecified atom stereocenters. The zero-order valence-electron chi connectivity index (χ0n) is 9.06. The van der Waals surface area contributed by atoms with Crippen molar-refractivity contribution in [1.29, 1.82) is 0 Å². The van der Waals surface area contributed by atoms with Gasteiger partial charge in [-0.2, -0.15) is 4.98 Å². The maximum Gasteiger partial charge on any atom is 0.242 e. The molecule has 0 aromatic carbocycles. The van der Waals surface area contributed by atoms with Crippen LogP contribution >= 0.6 is 0 Å². The lowest BCUT2D eigenvalue weighted by atomic mass is 10.2. The standard InChI is InChI=1S/C10H9FN4O3/c11-2-6-5(16)1-7(18-6)15-4-14-8-9(15)12-3-13-10(8)17/h2-5,7,16H,1H2,(H,12,13,17)/b6-2+/t5?,7-/m1/s1. The third kappa shape index (κ3) is 1.50. The minimum atomic E-state index is -0.993. The second-order valence-electron chi connectivity index (χ2n) is 3.86. The van der Waals surface area contributed by atoms with Crippen molar-refractivity contribution >= 4 is 11.2 Å². The van der Waals surface area contributed by atoms with Crippen LogP contribution in [0.2, 0.25) is 0 Å². The number of hydrogen-bond donors (Lipinski definition) is 2. The highest BCUT2D eigenvalue weighted by Gasteiger charge is 2.32. The molecule has 2 N–H and O–H groups in total. The van der Waals surface area contributed by atoms with Crippen molar-refractivity contribution in [2.24, 2.45) is 0 Å². The average Bonchev–Trinajstić information content (AvgIpc) is 2.93. The van der Waals surface area contributed by atoms with E-state index in [1.54, 1.807) is 0 Å². The summed E-state index contributed by atoms with van der Waals surface area (Å²) in [6.45, 7) is 0. The lowest BCUT2D eigenvalue weighted by Gasteiger charge is -2.11. The first kappa shape index (κ1) is 10.9. The lowest BCUT2D eigenvalue weighted by molar-refractivity contribution is 0.0977. The van der Waals surface area contributed by atoms with E-state index in [-0.39, 0.29) is 29.9 Å². The quantitative estimate of drug-likeness (QED) is 0.772. The van der Waals surface area contributed by atoms with Crippen LogP contribution in [0.4, 0.5) is 4.39 Å². The van der Waals surface area contributed by atoms with Gasteiger partial charge in [0.1, 0.15) is 25.1 Å². The van der Waals surface area contributed by atoms with Crippen LogP contribution in [0.15, 0.2) is 24.7 Å². The number of rotatable bonds is 1. The molecule has 1 saturated heterocycles. The fraction of sp³-hybridized carbons (Fsp3) is 0.300. The highest BCUT2D eigenvalue weighted by molar-refractivity contribution is 5.75. The number of nitrogens with zero attached hydrogens (tertiary/aromatic N) is 4. The molecule has 0 spiro atoms. The maximum atomic E-state index is 12.4. The summed E-state index contributed by atoms with van der Waals surface area (Å²) >= 11 is 0. The lowest BCUT2D eigenvalue weighted by Crippen LogP contribution is -2.07. The number of fused-ring (bicyclic) bond motifs is 1. The molecule has 0 aliphatic carbocycles. The topological polar surface area (TPSA) is 93.3 Å². The van der Waals surface area contributed by atoms with Crippen molar-refractivity contribution < 1.29 is 19.3 Å². The van der Waals surface area contributed by atoms with Gasteiger partial charge in [0.05, 0.1) is 0 Å². The second-order valence-corrected chi connectivity index (χ2v) is 3.86. The minimum absolute atomic E-state index is 0.125. The van der Waals surface area contributed by atoms with E-state index in [9.17, 15) is 14.6 Å². The molecule has 0 radical (unpaired) electrons. The Balaban J connectivity index is 2.04. The molecule has 2 aromatic heterocycles. The summed E-state index contributed by atoms with van der Waals surface area (Å²) in [6, 6.07) is 0. The second kappa shape index (κ2) is 3.91. The number of aromatic nitrogens is 4. The van der Waals surface area contributed by atoms with Crippen molar-refractivity contribution in [2.75, 3.05) is 0 Å². The summed E-state index contributed by atoms with van der Waals surface area (Å²) in [5.41, 5.74) is 0.591. The predicted molar refractivity (Wildman–Crippen MR) is 56.9 cm³/mol. The summed E-state index contributed by atoms with van der Waals surface area (Å²) in [4.78, 5) is 11.5. The Kier molecular flexibility index (Phi) is 2.37. The zero-order valence-corrected chi connectivity index (χ0v) is 9.06. The molecule has 7 nitrogen and oxygen atoms in total. The number of aromatic hydroxyl groups is 1. The fourth-order valence-corrected chi connectivity index (χ4v) is 1.91. The summed E-state index contributed by atoms with van der Waals surface area (Å²) < 4.78 is 19.1. The number of aliphatic hydroxyl groups excluding tert-OH is 1. The van der Waals surface area contributed by atoms with E-state index >= 15 is 0 Å². The van der Waals surface area contributed by atoms with Crippen LogP contribution in [0.5, 0.6) is 5.88 Å². The van der Waals surface area contributed by atoms with Crippen LogP contribution in [-0.4, -0.2) is 35.8 Å². The first-order valence-corrected chi connectivity index (χ1v) is 5.22. The Morgan fingerprint density at radius 1 is 1.44 bits per heavy atom. The Hall–Kier alpha value is -2.22. The summed E-state index contributed by atoms with van der Waals surface area (Å²) in [7, 11) is 0. The molecule has 0 amide bonds. The highest BCUT2D eigenvalue weighted by atomic mass is 19.1. The molecular weight excluding hydrogens is 243 g/mol. The summed E-state index contributed by atoms with van der Waals surface area (Å²) in [6.07, 6.45) is 1.40. The Labute approximate surface area is 100 Å². The smallest absolute Gasteiger partial charge is 0.242 e. The Morgan fingerprint density at radius 3 is 3.00 bits per heavy atom. The van der Waals surface area contributed by atoms with Crippen LogP contribution in [-0.2, 0) is 4.74 Å². The van der Waals surface area contributed by atoms with Crippen molar-refractivity contribution in [1.82, 2.24) is 19.5 Å². The van der Waals surface area contributed by atoms with Gasteiger partial charge in [0.15, 0.2) is 23.2 Å². The zero-order chi connectivity index (χ0) is 12.7. The maximum absolute atomic E-state index is 12.4. The van der Waals surface area contributed by atoms with Gasteiger partial charge in [0, 0.05) is 6.42 Å². The molecule has 0 saturated carbocycles. The number of aliphatic hydroxyl groups is 1. The number of halogens is 1. The van der Waals surface area contributed by atoms with E-state index in [1.807, 2.05) is 0 Å². The molecule has 3 rings (SSSR count). The number of ether oxygens (including phenoxy) is 1. The summed E-state index contributed by atoms with van der Waals surface area (Å²) in [5, 5.41) is 19.0. The van der Waals surface area contributed by atoms with Gasteiger partial charge in [-0.3, -0.25) is 4.57 Å². The van der Waals surface area contributed by atoms with E-state index in [1.165, 1.54) is 17.2 Å². The van der Waals surface area contributed by atoms with Crippen LogP contribution in [0.25, 0.3) is 11.2 Å². The summed E-state index contributed by atoms with van der Waals surface area (Å²) in [5.74, 6) is -0.362. The van der Waals surface area contributed by atoms with Crippen LogP contribution in [0.3, 0.4) is 0 Å². The van der Waals surface area contributed by atoms with Gasteiger partial charge in [-0.1, -0.05) is 0 Å². The number of hydrogen-bond acceptors (Lipinski definition) is 6. The molecule has 0 bridgehead atoms. The molecular formula is C10H9FN4O3. The van der Waals surface area contributed by atoms with Gasteiger partial charge in [0.2, 0.25) is 5.88 Å². The monoisotopic (exact) mass is 252 g/mol. The van der Waals surface area contributed by atoms with Gasteiger partial charge in [-0.05, 0) is 0 Å². The molecule has 2 aromatic rings. The molecule has 1 aliphatic rings. The third-order valence-corrected chi connectivity index (χ3v) is 2.78. The molecule has 94 valence electrons. The minimum Gasteiger partial charge on any atom is -0.492 e. The average molecular weight is 252 g/mol. The van der Waals surface area contributed by atoms with Gasteiger partial charge in [-0.25, -0.2) is 14.4 Å². The van der Waals surface area contributed by atoms with Crippen LogP contribution in [0.1, 0.15) is 12.6 Å². The predicted octanol–water partition coefficient (Wildman–Crippen LogP) is 0.623. The molecule has 3 heterocycles. The van der Waals surface area contributed by atoms with E-state index in [4.69, 9.17) is 4.74 Å². The van der Waals surface area contributed by atoms with Gasteiger partial charge >= 0.3 is 0 Å². The Bertz CT molecular complexity index is 627. The van der Waals surface area contributed by atoms with Gasteiger partial charge < -0.3 is 14.9 Å². The van der Waals surface area contributed by atoms with Gasteiger partial charge in [-0.15, -0.1) is 0 Å². The molecule has 18 heavy (non-hydrogen) atoms. The SMILES string of the molecule is Oc1ncnc2c1ncn2[C@H]1CC(O)/C(=C\F)O1. The third-order valence-electron chi connectivity index (χ3n) is 2.78. The van der Waals surface area contributed by atoms with E-state index in [2.05, 4.69) is 15.0 Å². The number of imidazole rings is 1. The molecule has 8 heteroatoms. The largest absolute Gasteiger partial charge is 0.492 e. The first-order valence-electron chi connectivity index (χ1n) is 5.22. The van der Waals surface area contributed by atoms with E-state index in [0.717, 1.165) is 0 Å². The molecule has 2 atom stereocenters. The van der Waals surface area contributed by atoms with E-state index < -0.39 is 12.3 Å². The molecule has 1 aliphatic heterocycles. The van der Waals surface area contributed by atoms with Crippen molar-refractivity contribution in [3.05, 3.63) is 24.7 Å². The molecule has 1 fully saturated rings. The normalized spacial score (nSPS) is 25.8. The first-order chi connectivity index (χ1) is 8.70. The Morgan fingerprint density at radius 2 is 2.28 bits per heavy atom. The van der Waals surface area contributed by atoms with Crippen molar-refractivity contribution in [3.63, 3.8) is 0 Å².